The van der Waals surface area contributed by atoms with E-state index < -0.39 is 6.04 Å². The Hall–Kier alpha value is -2.47. The predicted octanol–water partition coefficient (Wildman–Crippen LogP) is 3.07. The minimum atomic E-state index is -0.395. The quantitative estimate of drug-likeness (QED) is 0.877. The molecule has 0 aliphatic carbocycles. The minimum absolute atomic E-state index is 0.333. The highest BCUT2D eigenvalue weighted by Gasteiger charge is 2.30. The van der Waals surface area contributed by atoms with Crippen molar-refractivity contribution in [1.29, 1.82) is 0 Å². The van der Waals surface area contributed by atoms with Gasteiger partial charge in [-0.05, 0) is 19.4 Å². The number of nitrogens with one attached hydrogen (secondary N) is 1. The molecule has 3 rings (SSSR count). The van der Waals surface area contributed by atoms with Gasteiger partial charge < -0.3 is 10.1 Å². The first-order chi connectivity index (χ1) is 11.2. The average Bonchev–Trinajstić information content (AvgIpc) is 3.09. The van der Waals surface area contributed by atoms with E-state index in [1.54, 1.807) is 12.4 Å². The number of nitrogens with zero attached hydrogens (tertiary/aromatic N) is 2. The van der Waals surface area contributed by atoms with E-state index in [1.807, 2.05) is 42.6 Å². The van der Waals surface area contributed by atoms with Gasteiger partial charge in [-0.1, -0.05) is 30.3 Å². The molecule has 1 N–H and O–H groups in total. The molecule has 0 fully saturated rings. The number of aliphatic imine (C=N–C) groups is 1. The van der Waals surface area contributed by atoms with E-state index >= 15 is 0 Å². The highest BCUT2D eigenvalue weighted by atomic mass is 32.1. The van der Waals surface area contributed by atoms with E-state index in [4.69, 9.17) is 9.73 Å². The molecule has 5 nitrogen and oxygen atoms in total. The average molecular weight is 327 g/mol. The number of benzene rings is 1. The van der Waals surface area contributed by atoms with Crippen LogP contribution in [0.4, 0.5) is 0 Å². The van der Waals surface area contributed by atoms with E-state index in [-0.39, 0.29) is 5.97 Å². The Kier molecular flexibility index (Phi) is 4.52. The Morgan fingerprint density at radius 2 is 2.13 bits per heavy atom. The fourth-order valence-corrected chi connectivity index (χ4v) is 3.02. The Labute approximate surface area is 138 Å². The van der Waals surface area contributed by atoms with Crippen molar-refractivity contribution in [3.05, 3.63) is 63.7 Å². The molecule has 2 aromatic rings. The second kappa shape index (κ2) is 6.75. The number of aromatic nitrogens is 1. The lowest BCUT2D eigenvalue weighted by Gasteiger charge is -2.25. The van der Waals surface area contributed by atoms with Crippen molar-refractivity contribution in [2.75, 3.05) is 6.61 Å². The van der Waals surface area contributed by atoms with Crippen molar-refractivity contribution >= 4 is 23.1 Å². The molecule has 0 amide bonds. The number of thiazole rings is 1. The zero-order chi connectivity index (χ0) is 16.2. The molecule has 1 aromatic heterocycles. The Morgan fingerprint density at radius 1 is 1.35 bits per heavy atom. The monoisotopic (exact) mass is 327 g/mol. The fourth-order valence-electron chi connectivity index (χ4n) is 2.49. The highest BCUT2D eigenvalue weighted by Crippen LogP contribution is 2.32. The Morgan fingerprint density at radius 3 is 2.78 bits per heavy atom. The topological polar surface area (TPSA) is 63.6 Å². The number of carbonyl (C=O) groups excluding carboxylic acids is 1. The van der Waals surface area contributed by atoms with Gasteiger partial charge in [-0.3, -0.25) is 4.99 Å². The summed E-state index contributed by atoms with van der Waals surface area (Å²) in [5.74, 6) is 0.332. The standard InChI is InChI=1S/C17H17N3O2S/c1-3-22-17(21)14-11(2)19-16(13-9-23-10-18-13)20-15(14)12-7-5-4-6-8-12/h4-10,15H,3H2,1-2H3,(H,19,20). The SMILES string of the molecule is CCOC(=O)C1=C(C)NC(c2cscn2)=NC1c1ccccc1. The molecule has 0 bridgehead atoms. The first-order valence-corrected chi connectivity index (χ1v) is 8.31. The second-order valence-corrected chi connectivity index (χ2v) is 5.77. The predicted molar refractivity (Wildman–Crippen MR) is 90.3 cm³/mol. The van der Waals surface area contributed by atoms with E-state index in [0.717, 1.165) is 17.0 Å². The summed E-state index contributed by atoms with van der Waals surface area (Å²) >= 11 is 1.51. The van der Waals surface area contributed by atoms with E-state index in [2.05, 4.69) is 10.3 Å². The van der Waals surface area contributed by atoms with E-state index in [0.29, 0.717) is 18.0 Å². The highest BCUT2D eigenvalue weighted by molar-refractivity contribution is 7.07. The lowest BCUT2D eigenvalue weighted by atomic mass is 9.96. The maximum absolute atomic E-state index is 12.4. The van der Waals surface area contributed by atoms with Gasteiger partial charge in [-0.2, -0.15) is 0 Å². The molecule has 6 heteroatoms. The Balaban J connectivity index is 2.05. The number of esters is 1. The molecule has 0 spiro atoms. The van der Waals surface area contributed by atoms with Crippen LogP contribution in [-0.4, -0.2) is 23.4 Å². The van der Waals surface area contributed by atoms with Crippen LogP contribution in [0.15, 0.2) is 57.5 Å². The smallest absolute Gasteiger partial charge is 0.338 e. The summed E-state index contributed by atoms with van der Waals surface area (Å²) in [6.07, 6.45) is 0. The van der Waals surface area contributed by atoms with Gasteiger partial charge in [-0.25, -0.2) is 9.78 Å². The summed E-state index contributed by atoms with van der Waals surface area (Å²) in [6.45, 7) is 3.99. The van der Waals surface area contributed by atoms with Gasteiger partial charge in [0.25, 0.3) is 0 Å². The van der Waals surface area contributed by atoms with Crippen molar-refractivity contribution in [1.82, 2.24) is 10.3 Å². The Bertz CT molecular complexity index is 751. The van der Waals surface area contributed by atoms with Gasteiger partial charge in [0, 0.05) is 11.1 Å². The van der Waals surface area contributed by atoms with Crippen LogP contribution in [0, 0.1) is 0 Å². The maximum atomic E-state index is 12.4. The molecule has 0 radical (unpaired) electrons. The molecule has 0 saturated heterocycles. The largest absolute Gasteiger partial charge is 0.463 e. The molecular weight excluding hydrogens is 310 g/mol. The molecule has 1 aliphatic heterocycles. The summed E-state index contributed by atoms with van der Waals surface area (Å²) in [7, 11) is 0. The van der Waals surface area contributed by atoms with Crippen LogP contribution in [-0.2, 0) is 9.53 Å². The maximum Gasteiger partial charge on any atom is 0.338 e. The van der Waals surface area contributed by atoms with Crippen LogP contribution in [0.5, 0.6) is 0 Å². The molecular formula is C17H17N3O2S. The third-order valence-electron chi connectivity index (χ3n) is 3.53. The zero-order valence-electron chi connectivity index (χ0n) is 12.9. The number of amidine groups is 1. The van der Waals surface area contributed by atoms with Gasteiger partial charge in [0.1, 0.15) is 11.7 Å². The molecule has 1 aliphatic rings. The van der Waals surface area contributed by atoms with Crippen molar-refractivity contribution in [2.45, 2.75) is 19.9 Å². The number of hydrogen-bond acceptors (Lipinski definition) is 6. The van der Waals surface area contributed by atoms with E-state index in [1.165, 1.54) is 11.3 Å². The lowest BCUT2D eigenvalue weighted by molar-refractivity contribution is -0.138. The van der Waals surface area contributed by atoms with Crippen LogP contribution in [0.1, 0.15) is 31.1 Å². The number of allylic oxidation sites excluding steroid dienone is 1. The summed E-state index contributed by atoms with van der Waals surface area (Å²) in [5, 5.41) is 5.11. The molecule has 1 atom stereocenters. The van der Waals surface area contributed by atoms with Gasteiger partial charge in [0.05, 0.1) is 17.7 Å². The number of carbonyl (C=O) groups is 1. The third-order valence-corrected chi connectivity index (χ3v) is 4.11. The van der Waals surface area contributed by atoms with Crippen LogP contribution in [0.3, 0.4) is 0 Å². The number of hydrogen-bond donors (Lipinski definition) is 1. The van der Waals surface area contributed by atoms with Crippen LogP contribution < -0.4 is 5.32 Å². The molecule has 23 heavy (non-hydrogen) atoms. The lowest BCUT2D eigenvalue weighted by Crippen LogP contribution is -2.33. The van der Waals surface area contributed by atoms with Gasteiger partial charge in [0.2, 0.25) is 0 Å². The van der Waals surface area contributed by atoms with Gasteiger partial charge in [-0.15, -0.1) is 11.3 Å². The summed E-state index contributed by atoms with van der Waals surface area (Å²) in [5.41, 5.74) is 4.77. The normalized spacial score (nSPS) is 17.5. The van der Waals surface area contributed by atoms with Crippen LogP contribution in [0.2, 0.25) is 0 Å². The molecule has 118 valence electrons. The molecule has 1 unspecified atom stereocenters. The number of rotatable bonds is 4. The minimum Gasteiger partial charge on any atom is -0.463 e. The first kappa shape index (κ1) is 15.4. The van der Waals surface area contributed by atoms with Gasteiger partial charge in [0.15, 0.2) is 5.84 Å². The molecule has 0 saturated carbocycles. The van der Waals surface area contributed by atoms with Crippen molar-refractivity contribution in [3.63, 3.8) is 0 Å². The van der Waals surface area contributed by atoms with Crippen LogP contribution in [0.25, 0.3) is 0 Å². The van der Waals surface area contributed by atoms with Crippen molar-refractivity contribution in [2.24, 2.45) is 4.99 Å². The molecule has 2 heterocycles. The number of ether oxygens (including phenoxy) is 1. The summed E-state index contributed by atoms with van der Waals surface area (Å²) < 4.78 is 5.21. The van der Waals surface area contributed by atoms with Crippen molar-refractivity contribution in [3.8, 4) is 0 Å². The first-order valence-electron chi connectivity index (χ1n) is 7.37. The van der Waals surface area contributed by atoms with Crippen molar-refractivity contribution < 1.29 is 9.53 Å². The summed E-state index contributed by atoms with van der Waals surface area (Å²) in [6, 6.07) is 9.35. The molecule has 1 aromatic carbocycles. The fraction of sp³-hybridized carbons (Fsp3) is 0.235. The van der Waals surface area contributed by atoms with Gasteiger partial charge >= 0.3 is 5.97 Å². The van der Waals surface area contributed by atoms with E-state index in [9.17, 15) is 4.79 Å². The summed E-state index contributed by atoms with van der Waals surface area (Å²) in [4.78, 5) is 21.4. The third kappa shape index (κ3) is 3.17. The second-order valence-electron chi connectivity index (χ2n) is 5.05. The van der Waals surface area contributed by atoms with Crippen LogP contribution >= 0.6 is 11.3 Å². The zero-order valence-corrected chi connectivity index (χ0v) is 13.8.